The van der Waals surface area contributed by atoms with E-state index in [9.17, 15) is 27.9 Å². The van der Waals surface area contributed by atoms with E-state index in [1.807, 2.05) is 24.0 Å². The number of phenols is 1. The second-order valence-electron chi connectivity index (χ2n) is 10.1. The molecule has 0 bridgehead atoms. The number of alkyl halides is 3. The van der Waals surface area contributed by atoms with Crippen molar-refractivity contribution in [1.82, 2.24) is 9.88 Å². The summed E-state index contributed by atoms with van der Waals surface area (Å²) in [5, 5.41) is 10.6. The highest BCUT2D eigenvalue weighted by molar-refractivity contribution is 5.89. The van der Waals surface area contributed by atoms with Crippen LogP contribution in [0.5, 0.6) is 17.2 Å². The molecule has 1 atom stereocenters. The number of nitrogens with zero attached hydrogens (tertiary/aromatic N) is 2. The molecule has 0 aliphatic carbocycles. The number of ether oxygens (including phenoxy) is 2. The van der Waals surface area contributed by atoms with Gasteiger partial charge in [0, 0.05) is 25.0 Å². The van der Waals surface area contributed by atoms with E-state index in [0.29, 0.717) is 13.0 Å². The van der Waals surface area contributed by atoms with Gasteiger partial charge in [-0.25, -0.2) is 4.79 Å². The molecule has 0 unspecified atom stereocenters. The minimum absolute atomic E-state index is 0.0543. The van der Waals surface area contributed by atoms with Gasteiger partial charge in [0.15, 0.2) is 0 Å². The van der Waals surface area contributed by atoms with E-state index in [1.165, 1.54) is 36.4 Å². The van der Waals surface area contributed by atoms with Crippen LogP contribution in [-0.2, 0) is 17.5 Å². The number of pyridine rings is 1. The maximum Gasteiger partial charge on any atom is 0.453 e. The lowest BCUT2D eigenvalue weighted by Crippen LogP contribution is -2.33. The molecule has 42 heavy (non-hydrogen) atoms. The quantitative estimate of drug-likeness (QED) is 0.222. The van der Waals surface area contributed by atoms with E-state index in [4.69, 9.17) is 13.9 Å². The van der Waals surface area contributed by atoms with Crippen LogP contribution in [0, 0.1) is 0 Å². The van der Waals surface area contributed by atoms with Crippen LogP contribution in [0.25, 0.3) is 11.0 Å². The number of fused-ring (bicyclic) bond motifs is 1. The number of carbonyl (C=O) groups excluding carboxylic acids is 1. The van der Waals surface area contributed by atoms with E-state index >= 15 is 0 Å². The number of aromatic nitrogens is 1. The molecule has 1 aliphatic rings. The zero-order chi connectivity index (χ0) is 29.9. The molecule has 2 aromatic carbocycles. The molecular formula is C31H29F3N2O6. The molecule has 2 aromatic heterocycles. The van der Waals surface area contributed by atoms with Crippen LogP contribution >= 0.6 is 0 Å². The summed E-state index contributed by atoms with van der Waals surface area (Å²) in [5.74, 6) is -3.64. The third kappa shape index (κ3) is 6.11. The lowest BCUT2D eigenvalue weighted by Gasteiger charge is -2.36. The SMILES string of the molecule is CCCOC(=O)c1ccc(Oc2c(C(F)(F)F)oc3c(CN4CCCC[C@H]4c4cccnc4)c(O)ccc3c2=O)cc1. The van der Waals surface area contributed by atoms with Crippen LogP contribution in [0.3, 0.4) is 0 Å². The Balaban J connectivity index is 1.53. The molecule has 8 nitrogen and oxygen atoms in total. The van der Waals surface area contributed by atoms with E-state index in [0.717, 1.165) is 24.8 Å². The van der Waals surface area contributed by atoms with Crippen molar-refractivity contribution < 1.29 is 37.0 Å². The van der Waals surface area contributed by atoms with Crippen LogP contribution < -0.4 is 10.2 Å². The molecule has 1 N–H and O–H groups in total. The molecule has 11 heteroatoms. The molecule has 5 rings (SSSR count). The minimum Gasteiger partial charge on any atom is -0.507 e. The first-order chi connectivity index (χ1) is 20.2. The fourth-order valence-electron chi connectivity index (χ4n) is 5.11. The Labute approximate surface area is 239 Å². The number of aromatic hydroxyl groups is 1. The normalized spacial score (nSPS) is 16.0. The van der Waals surface area contributed by atoms with Crippen molar-refractivity contribution >= 4 is 16.9 Å². The Morgan fingerprint density at radius 3 is 2.62 bits per heavy atom. The number of halogens is 3. The number of esters is 1. The Kier molecular flexibility index (Phi) is 8.49. The number of rotatable bonds is 8. The average Bonchev–Trinajstić information content (AvgIpc) is 2.99. The molecule has 3 heterocycles. The number of likely N-dealkylation sites (tertiary alicyclic amines) is 1. The van der Waals surface area contributed by atoms with Gasteiger partial charge in [0.1, 0.15) is 17.1 Å². The predicted molar refractivity (Wildman–Crippen MR) is 147 cm³/mol. The number of carbonyl (C=O) groups is 1. The molecule has 0 radical (unpaired) electrons. The van der Waals surface area contributed by atoms with Crippen molar-refractivity contribution in [1.29, 1.82) is 0 Å². The fraction of sp³-hybridized carbons (Fsp3) is 0.323. The fourth-order valence-corrected chi connectivity index (χ4v) is 5.11. The maximum absolute atomic E-state index is 14.3. The first kappa shape index (κ1) is 29.1. The molecule has 0 spiro atoms. The first-order valence-electron chi connectivity index (χ1n) is 13.6. The summed E-state index contributed by atoms with van der Waals surface area (Å²) in [6, 6.07) is 11.4. The highest BCUT2D eigenvalue weighted by Gasteiger charge is 2.41. The Morgan fingerprint density at radius 2 is 1.93 bits per heavy atom. The van der Waals surface area contributed by atoms with Crippen molar-refractivity contribution in [3.8, 4) is 17.2 Å². The highest BCUT2D eigenvalue weighted by atomic mass is 19.4. The molecule has 4 aromatic rings. The first-order valence-corrected chi connectivity index (χ1v) is 13.6. The summed E-state index contributed by atoms with van der Waals surface area (Å²) >= 11 is 0. The summed E-state index contributed by atoms with van der Waals surface area (Å²) in [5.41, 5.74) is -0.190. The molecule has 0 amide bonds. The molecular weight excluding hydrogens is 553 g/mol. The lowest BCUT2D eigenvalue weighted by molar-refractivity contribution is -0.154. The van der Waals surface area contributed by atoms with Crippen molar-refractivity contribution in [3.63, 3.8) is 0 Å². The predicted octanol–water partition coefficient (Wildman–Crippen LogP) is 7.00. The van der Waals surface area contributed by atoms with Gasteiger partial charge in [0.2, 0.25) is 11.2 Å². The number of phenolic OH excluding ortho intramolecular Hbond substituents is 1. The van der Waals surface area contributed by atoms with E-state index in [-0.39, 0.29) is 52.8 Å². The summed E-state index contributed by atoms with van der Waals surface area (Å²) < 4.78 is 58.7. The number of piperidine rings is 1. The van der Waals surface area contributed by atoms with E-state index < -0.39 is 29.1 Å². The van der Waals surface area contributed by atoms with Gasteiger partial charge in [-0.05, 0) is 73.8 Å². The Hall–Kier alpha value is -4.38. The van der Waals surface area contributed by atoms with Crippen molar-refractivity contribution in [2.45, 2.75) is 51.4 Å². The smallest absolute Gasteiger partial charge is 0.453 e. The van der Waals surface area contributed by atoms with Gasteiger partial charge >= 0.3 is 12.1 Å². The summed E-state index contributed by atoms with van der Waals surface area (Å²) in [6.07, 6.45) is 1.60. The van der Waals surface area contributed by atoms with Gasteiger partial charge in [-0.3, -0.25) is 14.7 Å². The van der Waals surface area contributed by atoms with Gasteiger partial charge in [-0.1, -0.05) is 19.4 Å². The highest BCUT2D eigenvalue weighted by Crippen LogP contribution is 2.41. The van der Waals surface area contributed by atoms with Gasteiger partial charge in [0.25, 0.3) is 5.76 Å². The van der Waals surface area contributed by atoms with Gasteiger partial charge < -0.3 is 19.0 Å². The topological polar surface area (TPSA) is 102 Å². The zero-order valence-corrected chi connectivity index (χ0v) is 22.8. The summed E-state index contributed by atoms with van der Waals surface area (Å²) in [7, 11) is 0. The molecule has 0 saturated carbocycles. The molecule has 220 valence electrons. The lowest BCUT2D eigenvalue weighted by atomic mass is 9.95. The van der Waals surface area contributed by atoms with E-state index in [1.54, 1.807) is 12.4 Å². The second kappa shape index (κ2) is 12.2. The largest absolute Gasteiger partial charge is 0.507 e. The Morgan fingerprint density at radius 1 is 1.14 bits per heavy atom. The van der Waals surface area contributed by atoms with Crippen molar-refractivity contribution in [2.24, 2.45) is 0 Å². The van der Waals surface area contributed by atoms with Crippen LogP contribution in [0.2, 0.25) is 0 Å². The van der Waals surface area contributed by atoms with E-state index in [2.05, 4.69) is 4.98 Å². The Bertz CT molecular complexity index is 1620. The average molecular weight is 583 g/mol. The standard InChI is InChI=1S/C31H29F3N2O6/c1-2-16-40-30(39)19-8-10-21(11-9-19)41-28-26(38)22-12-13-25(37)23(27(22)42-29(28)31(32,33)34)18-36-15-4-3-7-24(36)20-6-5-14-35-17-20/h5-6,8-14,17,24,37H,2-4,7,15-16,18H2,1H3/t24-/m0/s1. The van der Waals surface area contributed by atoms with Gasteiger partial charge in [0.05, 0.1) is 23.1 Å². The zero-order valence-electron chi connectivity index (χ0n) is 22.8. The monoisotopic (exact) mass is 582 g/mol. The summed E-state index contributed by atoms with van der Waals surface area (Å²) in [6.45, 7) is 2.76. The van der Waals surface area contributed by atoms with Crippen LogP contribution in [0.4, 0.5) is 13.2 Å². The number of benzene rings is 2. The van der Waals surface area contributed by atoms with Crippen molar-refractivity contribution in [2.75, 3.05) is 13.2 Å². The molecule has 1 fully saturated rings. The van der Waals surface area contributed by atoms with Crippen LogP contribution in [-0.4, -0.2) is 34.1 Å². The maximum atomic E-state index is 14.3. The van der Waals surface area contributed by atoms with Crippen LogP contribution in [0.1, 0.15) is 65.9 Å². The number of hydrogen-bond acceptors (Lipinski definition) is 8. The molecule has 1 saturated heterocycles. The minimum atomic E-state index is -5.08. The van der Waals surface area contributed by atoms with Crippen LogP contribution in [0.15, 0.2) is 70.1 Å². The van der Waals surface area contributed by atoms with Gasteiger partial charge in [-0.15, -0.1) is 0 Å². The third-order valence-corrected chi connectivity index (χ3v) is 7.15. The third-order valence-electron chi connectivity index (χ3n) is 7.15. The molecule has 1 aliphatic heterocycles. The van der Waals surface area contributed by atoms with Crippen molar-refractivity contribution in [3.05, 3.63) is 93.6 Å². The second-order valence-corrected chi connectivity index (χ2v) is 10.1. The van der Waals surface area contributed by atoms with Gasteiger partial charge in [-0.2, -0.15) is 13.2 Å². The summed E-state index contributed by atoms with van der Waals surface area (Å²) in [4.78, 5) is 31.8. The number of hydrogen-bond donors (Lipinski definition) is 1.